The molecule has 0 bridgehead atoms. The summed E-state index contributed by atoms with van der Waals surface area (Å²) in [7, 11) is 0. The van der Waals surface area contributed by atoms with E-state index in [2.05, 4.69) is 34.6 Å². The van der Waals surface area contributed by atoms with E-state index < -0.39 is 0 Å². The van der Waals surface area contributed by atoms with Crippen LogP contribution in [0.5, 0.6) is 0 Å². The summed E-state index contributed by atoms with van der Waals surface area (Å²) in [6, 6.07) is 0. The fraction of sp³-hybridized carbons (Fsp3) is 1.00. The molecule has 5 aliphatic rings. The van der Waals surface area contributed by atoms with Gasteiger partial charge in [0.2, 0.25) is 0 Å². The molecule has 0 aromatic carbocycles. The first-order valence-corrected chi connectivity index (χ1v) is 13.3. The summed E-state index contributed by atoms with van der Waals surface area (Å²) in [5.41, 5.74) is 0.843. The topological polar surface area (TPSA) is 45.0 Å². The Balaban J connectivity index is 1.37. The summed E-state index contributed by atoms with van der Waals surface area (Å²) in [5.74, 6) is 5.47. The Labute approximate surface area is 184 Å². The Kier molecular flexibility index (Phi) is 5.20. The molecule has 170 valence electrons. The van der Waals surface area contributed by atoms with Crippen LogP contribution in [0.25, 0.3) is 0 Å². The van der Waals surface area contributed by atoms with Crippen LogP contribution in [-0.4, -0.2) is 16.9 Å². The summed E-state index contributed by atoms with van der Waals surface area (Å²) < 4.78 is 0. The molecule has 5 rings (SSSR count). The zero-order valence-corrected chi connectivity index (χ0v) is 20.2. The van der Waals surface area contributed by atoms with Crippen molar-refractivity contribution in [2.75, 3.05) is 0 Å². The lowest BCUT2D eigenvalue weighted by Gasteiger charge is -2.62. The van der Waals surface area contributed by atoms with Crippen LogP contribution in [0.2, 0.25) is 0 Å². The van der Waals surface area contributed by atoms with Crippen LogP contribution >= 0.6 is 0 Å². The molecule has 1 spiro atoms. The third kappa shape index (κ3) is 3.15. The van der Waals surface area contributed by atoms with Crippen molar-refractivity contribution in [1.82, 2.24) is 0 Å². The van der Waals surface area contributed by atoms with Crippen LogP contribution in [0, 0.1) is 52.3 Å². The maximum absolute atomic E-state index is 10.4. The number of hydrogen-bond donors (Lipinski definition) is 1. The number of rotatable bonds is 5. The van der Waals surface area contributed by atoms with Crippen LogP contribution in [-0.2, 0) is 0 Å². The maximum Gasteiger partial charge on any atom is 0.194 e. The zero-order chi connectivity index (χ0) is 21.3. The van der Waals surface area contributed by atoms with Crippen molar-refractivity contribution in [3.05, 3.63) is 0 Å². The van der Waals surface area contributed by atoms with Gasteiger partial charge in [-0.3, -0.25) is 0 Å². The molecule has 1 N–H and O–H groups in total. The minimum atomic E-state index is -0.0909. The van der Waals surface area contributed by atoms with Crippen LogP contribution in [0.1, 0.15) is 105 Å². The fourth-order valence-electron chi connectivity index (χ4n) is 9.53. The maximum atomic E-state index is 10.4. The molecule has 4 aliphatic carbocycles. The molecular formula is C27H46N2O. The minimum absolute atomic E-state index is 0.0615. The van der Waals surface area contributed by atoms with Crippen LogP contribution < -0.4 is 0 Å². The predicted octanol–water partition coefficient (Wildman–Crippen LogP) is 7.24. The van der Waals surface area contributed by atoms with Gasteiger partial charge in [0.25, 0.3) is 0 Å². The molecule has 3 nitrogen and oxygen atoms in total. The van der Waals surface area contributed by atoms with E-state index in [-0.39, 0.29) is 11.8 Å². The Morgan fingerprint density at radius 1 is 0.900 bits per heavy atom. The number of aliphatic hydroxyl groups is 1. The predicted molar refractivity (Wildman–Crippen MR) is 122 cm³/mol. The van der Waals surface area contributed by atoms with E-state index in [0.29, 0.717) is 22.7 Å². The van der Waals surface area contributed by atoms with Crippen molar-refractivity contribution < 1.29 is 5.11 Å². The van der Waals surface area contributed by atoms with Gasteiger partial charge in [0.15, 0.2) is 5.66 Å². The van der Waals surface area contributed by atoms with Gasteiger partial charge >= 0.3 is 0 Å². The largest absolute Gasteiger partial charge is 0.393 e. The first kappa shape index (κ1) is 21.4. The van der Waals surface area contributed by atoms with E-state index in [0.717, 1.165) is 48.9 Å². The highest BCUT2D eigenvalue weighted by atomic mass is 16.3. The summed E-state index contributed by atoms with van der Waals surface area (Å²) in [6.07, 6.45) is 14.1. The summed E-state index contributed by atoms with van der Waals surface area (Å²) >= 11 is 0. The SMILES string of the molecule is CC(C)CCC[C@@H](C)[C@H]1CC[C@H]2[C@H]3[C@H](CC[C@]12C)[C@@]1(C)CC[C@H](O)C[C@@H]1CC31N=N1. The van der Waals surface area contributed by atoms with E-state index >= 15 is 0 Å². The Morgan fingerprint density at radius 3 is 2.30 bits per heavy atom. The average molecular weight is 415 g/mol. The monoisotopic (exact) mass is 414 g/mol. The third-order valence-corrected chi connectivity index (χ3v) is 11.3. The van der Waals surface area contributed by atoms with Gasteiger partial charge in [-0.2, -0.15) is 10.2 Å². The van der Waals surface area contributed by atoms with Crippen molar-refractivity contribution >= 4 is 0 Å². The number of nitrogens with zero attached hydrogens (tertiary/aromatic N) is 2. The summed E-state index contributed by atoms with van der Waals surface area (Å²) in [4.78, 5) is 0. The van der Waals surface area contributed by atoms with E-state index in [1.165, 1.54) is 51.4 Å². The molecule has 0 radical (unpaired) electrons. The van der Waals surface area contributed by atoms with Crippen molar-refractivity contribution in [3.8, 4) is 0 Å². The molecule has 30 heavy (non-hydrogen) atoms. The molecule has 0 amide bonds. The van der Waals surface area contributed by atoms with Gasteiger partial charge in [0.05, 0.1) is 6.10 Å². The molecule has 4 saturated carbocycles. The van der Waals surface area contributed by atoms with Gasteiger partial charge in [-0.1, -0.05) is 53.9 Å². The minimum Gasteiger partial charge on any atom is -0.393 e. The lowest BCUT2D eigenvalue weighted by Crippen LogP contribution is -2.60. The zero-order valence-electron chi connectivity index (χ0n) is 20.2. The number of aliphatic hydroxyl groups excluding tert-OH is 1. The molecule has 0 unspecified atom stereocenters. The second-order valence-electron chi connectivity index (χ2n) is 13.2. The first-order chi connectivity index (χ1) is 14.2. The second-order valence-corrected chi connectivity index (χ2v) is 13.2. The molecule has 3 heteroatoms. The highest BCUT2D eigenvalue weighted by Crippen LogP contribution is 2.72. The molecule has 4 fully saturated rings. The third-order valence-electron chi connectivity index (χ3n) is 11.3. The van der Waals surface area contributed by atoms with Crippen molar-refractivity contribution in [2.45, 2.75) is 117 Å². The molecule has 1 heterocycles. The van der Waals surface area contributed by atoms with E-state index in [4.69, 9.17) is 10.2 Å². The van der Waals surface area contributed by atoms with E-state index in [1.807, 2.05) is 0 Å². The Morgan fingerprint density at radius 2 is 1.60 bits per heavy atom. The summed E-state index contributed by atoms with van der Waals surface area (Å²) in [6.45, 7) is 12.5. The van der Waals surface area contributed by atoms with Crippen molar-refractivity contribution in [3.63, 3.8) is 0 Å². The van der Waals surface area contributed by atoms with Crippen LogP contribution in [0.4, 0.5) is 0 Å². The van der Waals surface area contributed by atoms with E-state index in [1.54, 1.807) is 0 Å². The molecule has 0 saturated heterocycles. The van der Waals surface area contributed by atoms with Gasteiger partial charge < -0.3 is 5.11 Å². The standard InChI is InChI=1S/C27H46N2O/c1-17(2)7-6-8-18(3)21-9-10-22-24-23(12-14-26(21,22)5)25(4)13-11-20(30)15-19(25)16-27(24)28-29-27/h17-24,30H,6-16H2,1-5H3/t18-,19-,20+,21-,22+,23+,24+,25+,26-/m1/s1. The van der Waals surface area contributed by atoms with Gasteiger partial charge in [-0.25, -0.2) is 0 Å². The van der Waals surface area contributed by atoms with Crippen LogP contribution in [0.3, 0.4) is 0 Å². The Bertz CT molecular complexity index is 682. The average Bonchev–Trinajstić information content (AvgIpc) is 3.35. The van der Waals surface area contributed by atoms with Gasteiger partial charge in [-0.15, -0.1) is 0 Å². The highest BCUT2D eigenvalue weighted by Gasteiger charge is 2.70. The number of hydrogen-bond acceptors (Lipinski definition) is 3. The summed E-state index contributed by atoms with van der Waals surface area (Å²) in [5, 5.41) is 20.0. The van der Waals surface area contributed by atoms with Crippen LogP contribution in [0.15, 0.2) is 10.2 Å². The normalized spacial score (nSPS) is 49.6. The quantitative estimate of drug-likeness (QED) is 0.506. The first-order valence-electron chi connectivity index (χ1n) is 13.3. The molecule has 0 aromatic rings. The Hall–Kier alpha value is -0.440. The molecular weight excluding hydrogens is 368 g/mol. The van der Waals surface area contributed by atoms with Gasteiger partial charge in [0.1, 0.15) is 0 Å². The lowest BCUT2D eigenvalue weighted by molar-refractivity contribution is -0.146. The van der Waals surface area contributed by atoms with Gasteiger partial charge in [0, 0.05) is 12.3 Å². The smallest absolute Gasteiger partial charge is 0.194 e. The molecule has 0 aromatic heterocycles. The van der Waals surface area contributed by atoms with Crippen molar-refractivity contribution in [1.29, 1.82) is 0 Å². The lowest BCUT2D eigenvalue weighted by atomic mass is 9.42. The second kappa shape index (κ2) is 7.29. The fourth-order valence-corrected chi connectivity index (χ4v) is 9.53. The van der Waals surface area contributed by atoms with Crippen molar-refractivity contribution in [2.24, 2.45) is 62.5 Å². The van der Waals surface area contributed by atoms with E-state index in [9.17, 15) is 5.11 Å². The number of fused-ring (bicyclic) bond motifs is 6. The molecule has 1 aliphatic heterocycles. The van der Waals surface area contributed by atoms with Gasteiger partial charge in [-0.05, 0) is 91.3 Å². The highest BCUT2D eigenvalue weighted by molar-refractivity contribution is 5.19. The molecule has 9 atom stereocenters.